The number of carbonyl (C=O) groups excluding carboxylic acids is 1. The number of carbonyl (C=O) groups is 1. The van der Waals surface area contributed by atoms with E-state index in [0.717, 1.165) is 18.6 Å². The molecule has 1 unspecified atom stereocenters. The van der Waals surface area contributed by atoms with E-state index in [1.165, 1.54) is 0 Å². The molecule has 1 saturated heterocycles. The largest absolute Gasteiger partial charge is 0.381 e. The lowest BCUT2D eigenvalue weighted by Crippen LogP contribution is -2.30. The fourth-order valence-electron chi connectivity index (χ4n) is 1.98. The Bertz CT molecular complexity index is 661. The molecule has 0 aliphatic carbocycles. The van der Waals surface area contributed by atoms with E-state index in [1.807, 2.05) is 0 Å². The Labute approximate surface area is 134 Å². The minimum atomic E-state index is -4.16. The van der Waals surface area contributed by atoms with E-state index in [-0.39, 0.29) is 16.0 Å². The van der Waals surface area contributed by atoms with Crippen LogP contribution in [0.2, 0.25) is 0 Å². The summed E-state index contributed by atoms with van der Waals surface area (Å²) in [6.45, 7) is 1.59. The van der Waals surface area contributed by atoms with Gasteiger partial charge in [-0.25, -0.2) is 12.8 Å². The summed E-state index contributed by atoms with van der Waals surface area (Å²) in [5, 5.41) is 2.63. The quantitative estimate of drug-likeness (QED) is 0.787. The van der Waals surface area contributed by atoms with Gasteiger partial charge in [0.2, 0.25) is 0 Å². The Balaban J connectivity index is 2.22. The van der Waals surface area contributed by atoms with Crippen LogP contribution >= 0.6 is 26.6 Å². The van der Waals surface area contributed by atoms with Crippen molar-refractivity contribution in [1.82, 2.24) is 5.32 Å². The molecule has 1 aromatic rings. The van der Waals surface area contributed by atoms with E-state index in [9.17, 15) is 17.6 Å². The molecule has 2 rings (SSSR count). The fourth-order valence-corrected chi connectivity index (χ4v) is 4.25. The molecule has 1 amide bonds. The number of amides is 1. The summed E-state index contributed by atoms with van der Waals surface area (Å²) in [6, 6.07) is 1.71. The van der Waals surface area contributed by atoms with Crippen LogP contribution in [0, 0.1) is 11.7 Å². The number of hydrogen-bond donors (Lipinski definition) is 1. The van der Waals surface area contributed by atoms with Crippen molar-refractivity contribution in [2.24, 2.45) is 5.92 Å². The van der Waals surface area contributed by atoms with Gasteiger partial charge in [-0.3, -0.25) is 4.79 Å². The van der Waals surface area contributed by atoms with Crippen LogP contribution in [-0.2, 0) is 13.8 Å². The maximum atomic E-state index is 13.5. The maximum Gasteiger partial charge on any atom is 0.262 e. The van der Waals surface area contributed by atoms with Gasteiger partial charge in [0, 0.05) is 29.8 Å². The zero-order chi connectivity index (χ0) is 15.6. The number of hydrogen-bond acceptors (Lipinski definition) is 4. The molecule has 1 aliphatic heterocycles. The van der Waals surface area contributed by atoms with Crippen LogP contribution in [0.3, 0.4) is 0 Å². The van der Waals surface area contributed by atoms with E-state index in [1.54, 1.807) is 0 Å². The van der Waals surface area contributed by atoms with Gasteiger partial charge in [-0.05, 0) is 34.5 Å². The van der Waals surface area contributed by atoms with E-state index < -0.39 is 25.7 Å². The van der Waals surface area contributed by atoms with Crippen molar-refractivity contribution in [2.45, 2.75) is 11.3 Å². The first-order valence-electron chi connectivity index (χ1n) is 6.08. The molecule has 21 heavy (non-hydrogen) atoms. The van der Waals surface area contributed by atoms with Crippen molar-refractivity contribution in [3.8, 4) is 0 Å². The minimum Gasteiger partial charge on any atom is -0.381 e. The third kappa shape index (κ3) is 4.15. The van der Waals surface area contributed by atoms with E-state index in [4.69, 9.17) is 15.4 Å². The Morgan fingerprint density at radius 2 is 2.24 bits per heavy atom. The lowest BCUT2D eigenvalue weighted by atomic mass is 10.1. The highest BCUT2D eigenvalue weighted by Gasteiger charge is 2.23. The highest BCUT2D eigenvalue weighted by Crippen LogP contribution is 2.29. The van der Waals surface area contributed by atoms with Gasteiger partial charge < -0.3 is 10.1 Å². The normalized spacial score (nSPS) is 18.7. The zero-order valence-electron chi connectivity index (χ0n) is 10.7. The van der Waals surface area contributed by atoms with Crippen LogP contribution < -0.4 is 5.32 Å². The van der Waals surface area contributed by atoms with Gasteiger partial charge in [-0.2, -0.15) is 0 Å². The first kappa shape index (κ1) is 16.7. The molecule has 1 N–H and O–H groups in total. The summed E-state index contributed by atoms with van der Waals surface area (Å²) in [7, 11) is 1.06. The third-order valence-corrected chi connectivity index (χ3v) is 5.55. The van der Waals surface area contributed by atoms with Gasteiger partial charge in [0.05, 0.1) is 16.6 Å². The second-order valence-electron chi connectivity index (χ2n) is 4.64. The molecule has 5 nitrogen and oxygen atoms in total. The van der Waals surface area contributed by atoms with E-state index in [0.29, 0.717) is 19.8 Å². The Kier molecular flexibility index (Phi) is 5.24. The number of benzene rings is 1. The summed E-state index contributed by atoms with van der Waals surface area (Å²) < 4.78 is 41.4. The van der Waals surface area contributed by atoms with Crippen LogP contribution in [0.25, 0.3) is 0 Å². The smallest absolute Gasteiger partial charge is 0.262 e. The highest BCUT2D eigenvalue weighted by molar-refractivity contribution is 9.10. The Hall–Kier alpha value is -0.700. The summed E-state index contributed by atoms with van der Waals surface area (Å²) in [5.41, 5.74) is -0.117. The molecule has 0 bridgehead atoms. The molecule has 116 valence electrons. The van der Waals surface area contributed by atoms with Crippen LogP contribution in [0.5, 0.6) is 0 Å². The minimum absolute atomic E-state index is 0.0564. The standard InChI is InChI=1S/C12H12BrClFNO4S/c13-11-9(3-8(15)4-10(11)21(14,18)19)12(17)16-5-7-1-2-20-6-7/h3-4,7H,1-2,5-6H2,(H,16,17). The zero-order valence-corrected chi connectivity index (χ0v) is 13.9. The topological polar surface area (TPSA) is 72.5 Å². The average Bonchev–Trinajstić information content (AvgIpc) is 2.90. The summed E-state index contributed by atoms with van der Waals surface area (Å²) in [5.74, 6) is -1.22. The second-order valence-corrected chi connectivity index (χ2v) is 7.97. The van der Waals surface area contributed by atoms with Crippen molar-refractivity contribution in [1.29, 1.82) is 0 Å². The molecule has 1 atom stereocenters. The molecule has 0 saturated carbocycles. The monoisotopic (exact) mass is 399 g/mol. The predicted molar refractivity (Wildman–Crippen MR) is 78.4 cm³/mol. The first-order chi connectivity index (χ1) is 9.79. The molecule has 0 aromatic heterocycles. The molecule has 1 aliphatic rings. The first-order valence-corrected chi connectivity index (χ1v) is 9.19. The third-order valence-electron chi connectivity index (χ3n) is 3.09. The van der Waals surface area contributed by atoms with Gasteiger partial charge in [0.25, 0.3) is 15.0 Å². The molecule has 1 fully saturated rings. The van der Waals surface area contributed by atoms with E-state index >= 15 is 0 Å². The van der Waals surface area contributed by atoms with Gasteiger partial charge in [-0.15, -0.1) is 0 Å². The van der Waals surface area contributed by atoms with E-state index in [2.05, 4.69) is 21.2 Å². The molecule has 0 spiro atoms. The van der Waals surface area contributed by atoms with Crippen molar-refractivity contribution in [3.63, 3.8) is 0 Å². The van der Waals surface area contributed by atoms with Crippen molar-refractivity contribution < 1.29 is 22.3 Å². The van der Waals surface area contributed by atoms with Gasteiger partial charge >= 0.3 is 0 Å². The number of nitrogens with one attached hydrogen (secondary N) is 1. The Morgan fingerprint density at radius 3 is 2.81 bits per heavy atom. The summed E-state index contributed by atoms with van der Waals surface area (Å²) >= 11 is 2.99. The summed E-state index contributed by atoms with van der Waals surface area (Å²) in [6.07, 6.45) is 0.839. The van der Waals surface area contributed by atoms with Crippen LogP contribution in [0.15, 0.2) is 21.5 Å². The molecular weight excluding hydrogens is 389 g/mol. The summed E-state index contributed by atoms with van der Waals surface area (Å²) in [4.78, 5) is 11.6. The lowest BCUT2D eigenvalue weighted by molar-refractivity contribution is 0.0943. The molecule has 0 radical (unpaired) electrons. The van der Waals surface area contributed by atoms with Gasteiger partial charge in [0.15, 0.2) is 0 Å². The molecule has 9 heteroatoms. The SMILES string of the molecule is O=C(NCC1CCOC1)c1cc(F)cc(S(=O)(=O)Cl)c1Br. The highest BCUT2D eigenvalue weighted by atomic mass is 79.9. The second kappa shape index (κ2) is 6.60. The van der Waals surface area contributed by atoms with Gasteiger partial charge in [-0.1, -0.05) is 0 Å². The van der Waals surface area contributed by atoms with Crippen molar-refractivity contribution in [3.05, 3.63) is 28.0 Å². The van der Waals surface area contributed by atoms with Crippen LogP contribution in [0.1, 0.15) is 16.8 Å². The van der Waals surface area contributed by atoms with Crippen molar-refractivity contribution in [2.75, 3.05) is 19.8 Å². The maximum absolute atomic E-state index is 13.5. The fraction of sp³-hybridized carbons (Fsp3) is 0.417. The number of ether oxygens (including phenoxy) is 1. The molecule has 1 aromatic carbocycles. The number of rotatable bonds is 4. The average molecular weight is 401 g/mol. The van der Waals surface area contributed by atoms with Crippen LogP contribution in [-0.4, -0.2) is 34.1 Å². The lowest BCUT2D eigenvalue weighted by Gasteiger charge is -2.12. The van der Waals surface area contributed by atoms with Gasteiger partial charge in [0.1, 0.15) is 10.7 Å². The predicted octanol–water partition coefficient (Wildman–Crippen LogP) is 2.28. The molecular formula is C12H12BrClFNO4S. The van der Waals surface area contributed by atoms with Crippen LogP contribution in [0.4, 0.5) is 4.39 Å². The van der Waals surface area contributed by atoms with Crippen molar-refractivity contribution >= 4 is 41.6 Å². The number of halogens is 3. The molecule has 1 heterocycles. The Morgan fingerprint density at radius 1 is 1.52 bits per heavy atom.